The molecule has 0 amide bonds. The standard InChI is InChI=1S/C10H17NO3S/c12-7-9-3-1-2-5-11(9)10-4-6-15(13,14)8-10/h7,9-10H,1-6,8H2. The minimum atomic E-state index is -2.83. The largest absolute Gasteiger partial charge is 0.302 e. The van der Waals surface area contributed by atoms with Crippen LogP contribution in [0.15, 0.2) is 0 Å². The van der Waals surface area contributed by atoms with E-state index in [9.17, 15) is 13.2 Å². The third kappa shape index (κ3) is 2.39. The van der Waals surface area contributed by atoms with Crippen LogP contribution >= 0.6 is 0 Å². The fraction of sp³-hybridized carbons (Fsp3) is 0.900. The number of sulfone groups is 1. The molecule has 0 saturated carbocycles. The van der Waals surface area contributed by atoms with Crippen LogP contribution in [0.2, 0.25) is 0 Å². The molecule has 2 heterocycles. The molecule has 86 valence electrons. The van der Waals surface area contributed by atoms with Gasteiger partial charge in [0.1, 0.15) is 6.29 Å². The van der Waals surface area contributed by atoms with Gasteiger partial charge in [-0.05, 0) is 25.8 Å². The van der Waals surface area contributed by atoms with Crippen LogP contribution in [0.4, 0.5) is 0 Å². The highest BCUT2D eigenvalue weighted by molar-refractivity contribution is 7.91. The van der Waals surface area contributed by atoms with Gasteiger partial charge in [0.25, 0.3) is 0 Å². The number of hydrogen-bond acceptors (Lipinski definition) is 4. The van der Waals surface area contributed by atoms with Gasteiger partial charge in [-0.3, -0.25) is 4.90 Å². The lowest BCUT2D eigenvalue weighted by molar-refractivity contribution is -0.114. The van der Waals surface area contributed by atoms with Crippen molar-refractivity contribution in [1.29, 1.82) is 0 Å². The average molecular weight is 231 g/mol. The number of nitrogens with zero attached hydrogens (tertiary/aromatic N) is 1. The smallest absolute Gasteiger partial charge is 0.151 e. The van der Waals surface area contributed by atoms with E-state index >= 15 is 0 Å². The Labute approximate surface area is 90.6 Å². The van der Waals surface area contributed by atoms with Crippen molar-refractivity contribution in [2.24, 2.45) is 0 Å². The maximum atomic E-state index is 11.4. The minimum absolute atomic E-state index is 0.0444. The lowest BCUT2D eigenvalue weighted by atomic mass is 10.0. The van der Waals surface area contributed by atoms with Gasteiger partial charge >= 0.3 is 0 Å². The van der Waals surface area contributed by atoms with Crippen molar-refractivity contribution in [2.75, 3.05) is 18.1 Å². The maximum absolute atomic E-state index is 11.4. The number of hydrogen-bond donors (Lipinski definition) is 0. The summed E-state index contributed by atoms with van der Waals surface area (Å²) >= 11 is 0. The number of rotatable bonds is 2. The molecule has 2 atom stereocenters. The third-order valence-electron chi connectivity index (χ3n) is 3.43. The molecule has 4 nitrogen and oxygen atoms in total. The molecule has 2 aliphatic rings. The van der Waals surface area contributed by atoms with Crippen molar-refractivity contribution < 1.29 is 13.2 Å². The number of piperidine rings is 1. The summed E-state index contributed by atoms with van der Waals surface area (Å²) in [4.78, 5) is 13.0. The van der Waals surface area contributed by atoms with Gasteiger partial charge in [-0.25, -0.2) is 8.42 Å². The van der Waals surface area contributed by atoms with Crippen molar-refractivity contribution in [3.8, 4) is 0 Å². The summed E-state index contributed by atoms with van der Waals surface area (Å²) in [5.74, 6) is 0.539. The molecule has 2 saturated heterocycles. The summed E-state index contributed by atoms with van der Waals surface area (Å²) in [6.07, 6.45) is 4.73. The Balaban J connectivity index is 2.06. The molecule has 0 radical (unpaired) electrons. The van der Waals surface area contributed by atoms with Gasteiger partial charge < -0.3 is 4.79 Å². The minimum Gasteiger partial charge on any atom is -0.302 e. The Morgan fingerprint density at radius 3 is 2.60 bits per heavy atom. The molecule has 2 fully saturated rings. The first kappa shape index (κ1) is 11.1. The molecule has 2 rings (SSSR count). The Morgan fingerprint density at radius 1 is 1.20 bits per heavy atom. The highest BCUT2D eigenvalue weighted by Gasteiger charge is 2.36. The summed E-state index contributed by atoms with van der Waals surface area (Å²) in [7, 11) is -2.83. The van der Waals surface area contributed by atoms with Crippen LogP contribution in [0.1, 0.15) is 25.7 Å². The summed E-state index contributed by atoms with van der Waals surface area (Å²) in [5, 5.41) is 0. The SMILES string of the molecule is O=CC1CCCCN1C1CCS(=O)(=O)C1. The Morgan fingerprint density at radius 2 is 2.00 bits per heavy atom. The highest BCUT2D eigenvalue weighted by Crippen LogP contribution is 2.24. The fourth-order valence-corrected chi connectivity index (χ4v) is 4.36. The van der Waals surface area contributed by atoms with Crippen molar-refractivity contribution in [1.82, 2.24) is 4.90 Å². The molecule has 2 unspecified atom stereocenters. The zero-order chi connectivity index (χ0) is 10.9. The molecule has 0 N–H and O–H groups in total. The number of likely N-dealkylation sites (tertiary alicyclic amines) is 1. The van der Waals surface area contributed by atoms with Crippen molar-refractivity contribution in [3.05, 3.63) is 0 Å². The van der Waals surface area contributed by atoms with Crippen molar-refractivity contribution >= 4 is 16.1 Å². The van der Waals surface area contributed by atoms with E-state index in [0.717, 1.165) is 32.1 Å². The van der Waals surface area contributed by atoms with E-state index in [1.165, 1.54) is 0 Å². The van der Waals surface area contributed by atoms with E-state index in [1.807, 2.05) is 0 Å². The first-order chi connectivity index (χ1) is 7.12. The Bertz CT molecular complexity index is 339. The van der Waals surface area contributed by atoms with E-state index in [2.05, 4.69) is 4.90 Å². The van der Waals surface area contributed by atoms with Gasteiger partial charge in [0.15, 0.2) is 9.84 Å². The molecule has 15 heavy (non-hydrogen) atoms. The van der Waals surface area contributed by atoms with Crippen LogP contribution in [-0.4, -0.2) is 49.7 Å². The monoisotopic (exact) mass is 231 g/mol. The summed E-state index contributed by atoms with van der Waals surface area (Å²) in [6, 6.07) is 0.0440. The van der Waals surface area contributed by atoms with Gasteiger partial charge in [-0.1, -0.05) is 6.42 Å². The molecule has 0 aromatic heterocycles. The highest BCUT2D eigenvalue weighted by atomic mass is 32.2. The van der Waals surface area contributed by atoms with Gasteiger partial charge in [-0.2, -0.15) is 0 Å². The van der Waals surface area contributed by atoms with Crippen LogP contribution < -0.4 is 0 Å². The van der Waals surface area contributed by atoms with Crippen LogP contribution in [0.25, 0.3) is 0 Å². The average Bonchev–Trinajstić information content (AvgIpc) is 2.59. The normalized spacial score (nSPS) is 36.5. The quantitative estimate of drug-likeness (QED) is 0.638. The van der Waals surface area contributed by atoms with Crippen LogP contribution in [0, 0.1) is 0 Å². The van der Waals surface area contributed by atoms with Crippen LogP contribution in [0.5, 0.6) is 0 Å². The van der Waals surface area contributed by atoms with Gasteiger partial charge in [-0.15, -0.1) is 0 Å². The number of carbonyl (C=O) groups is 1. The Hall–Kier alpha value is -0.420. The second kappa shape index (κ2) is 4.22. The summed E-state index contributed by atoms with van der Waals surface area (Å²) < 4.78 is 22.7. The Kier molecular flexibility index (Phi) is 3.11. The van der Waals surface area contributed by atoms with E-state index in [-0.39, 0.29) is 17.8 Å². The summed E-state index contributed by atoms with van der Waals surface area (Å²) in [6.45, 7) is 0.879. The second-order valence-corrected chi connectivity index (χ2v) is 6.72. The topological polar surface area (TPSA) is 54.5 Å². The maximum Gasteiger partial charge on any atom is 0.151 e. The van der Waals surface area contributed by atoms with E-state index in [4.69, 9.17) is 0 Å². The zero-order valence-corrected chi connectivity index (χ0v) is 9.58. The number of aldehydes is 1. The van der Waals surface area contributed by atoms with Crippen molar-refractivity contribution in [2.45, 2.75) is 37.8 Å². The first-order valence-electron chi connectivity index (χ1n) is 5.54. The van der Waals surface area contributed by atoms with Gasteiger partial charge in [0.2, 0.25) is 0 Å². The lowest BCUT2D eigenvalue weighted by Crippen LogP contribution is -2.47. The third-order valence-corrected chi connectivity index (χ3v) is 5.18. The zero-order valence-electron chi connectivity index (χ0n) is 8.76. The van der Waals surface area contributed by atoms with Gasteiger partial charge in [0, 0.05) is 6.04 Å². The predicted molar refractivity (Wildman–Crippen MR) is 57.5 cm³/mol. The summed E-state index contributed by atoms with van der Waals surface area (Å²) in [5.41, 5.74) is 0. The molecular formula is C10H17NO3S. The molecule has 0 aromatic carbocycles. The molecule has 0 aliphatic carbocycles. The molecule has 0 spiro atoms. The molecular weight excluding hydrogens is 214 g/mol. The molecule has 0 bridgehead atoms. The number of carbonyl (C=O) groups excluding carboxylic acids is 1. The molecule has 2 aliphatic heterocycles. The first-order valence-corrected chi connectivity index (χ1v) is 7.36. The van der Waals surface area contributed by atoms with E-state index < -0.39 is 9.84 Å². The van der Waals surface area contributed by atoms with Gasteiger partial charge in [0.05, 0.1) is 17.5 Å². The predicted octanol–water partition coefficient (Wildman–Crippen LogP) is 0.227. The van der Waals surface area contributed by atoms with Crippen LogP contribution in [0.3, 0.4) is 0 Å². The molecule has 0 aromatic rings. The second-order valence-electron chi connectivity index (χ2n) is 4.49. The van der Waals surface area contributed by atoms with Crippen molar-refractivity contribution in [3.63, 3.8) is 0 Å². The lowest BCUT2D eigenvalue weighted by Gasteiger charge is -2.36. The fourth-order valence-electron chi connectivity index (χ4n) is 2.62. The molecule has 5 heteroatoms. The van der Waals surface area contributed by atoms with E-state index in [1.54, 1.807) is 0 Å². The van der Waals surface area contributed by atoms with Crippen LogP contribution in [-0.2, 0) is 14.6 Å². The van der Waals surface area contributed by atoms with E-state index in [0.29, 0.717) is 12.2 Å².